The van der Waals surface area contributed by atoms with Gasteiger partial charge in [0.25, 0.3) is 0 Å². The van der Waals surface area contributed by atoms with E-state index in [0.29, 0.717) is 24.6 Å². The van der Waals surface area contributed by atoms with Crippen LogP contribution < -0.4 is 10.6 Å². The van der Waals surface area contributed by atoms with Crippen LogP contribution in [0.25, 0.3) is 11.6 Å². The van der Waals surface area contributed by atoms with Gasteiger partial charge in [0.2, 0.25) is 5.82 Å². The van der Waals surface area contributed by atoms with Crippen molar-refractivity contribution in [1.82, 2.24) is 25.8 Å². The second kappa shape index (κ2) is 11.6. The summed E-state index contributed by atoms with van der Waals surface area (Å²) >= 11 is 0. The third-order valence-corrected chi connectivity index (χ3v) is 4.48. The third-order valence-electron chi connectivity index (χ3n) is 4.48. The number of aromatic nitrogens is 3. The highest BCUT2D eigenvalue weighted by molar-refractivity contribution is 14.0. The van der Waals surface area contributed by atoms with Crippen LogP contribution in [-0.2, 0) is 12.8 Å². The molecule has 0 saturated heterocycles. The van der Waals surface area contributed by atoms with E-state index >= 15 is 0 Å². The Morgan fingerprint density at radius 3 is 2.66 bits per heavy atom. The molecule has 0 radical (unpaired) electrons. The molecule has 1 unspecified atom stereocenters. The minimum absolute atomic E-state index is 0. The summed E-state index contributed by atoms with van der Waals surface area (Å²) in [5.74, 6) is 2.80. The fourth-order valence-electron chi connectivity index (χ4n) is 2.85. The normalized spacial score (nSPS) is 12.3. The highest BCUT2D eigenvalue weighted by atomic mass is 127. The molecule has 2 heterocycles. The van der Waals surface area contributed by atoms with E-state index in [4.69, 9.17) is 4.42 Å². The zero-order valence-electron chi connectivity index (χ0n) is 17.1. The molecule has 0 bridgehead atoms. The number of guanidine groups is 1. The lowest BCUT2D eigenvalue weighted by atomic mass is 10.1. The number of aliphatic imine (C=N–C) groups is 1. The smallest absolute Gasteiger partial charge is 0.216 e. The van der Waals surface area contributed by atoms with Crippen molar-refractivity contribution >= 4 is 29.9 Å². The van der Waals surface area contributed by atoms with E-state index in [1.54, 1.807) is 6.26 Å². The van der Waals surface area contributed by atoms with Gasteiger partial charge in [-0.2, -0.15) is 5.10 Å². The van der Waals surface area contributed by atoms with Crippen molar-refractivity contribution in [2.24, 2.45) is 4.99 Å². The molecule has 0 aliphatic carbocycles. The molecule has 0 saturated carbocycles. The maximum atomic E-state index is 5.32. The summed E-state index contributed by atoms with van der Waals surface area (Å²) in [6.07, 6.45) is 3.33. The van der Waals surface area contributed by atoms with E-state index < -0.39 is 0 Å². The first-order valence-electron chi connectivity index (χ1n) is 9.78. The molecule has 0 amide bonds. The molecule has 7 nitrogen and oxygen atoms in total. The highest BCUT2D eigenvalue weighted by Crippen LogP contribution is 2.15. The summed E-state index contributed by atoms with van der Waals surface area (Å²) in [4.78, 5) is 9.11. The van der Waals surface area contributed by atoms with E-state index in [0.717, 1.165) is 24.7 Å². The second-order valence-electron chi connectivity index (χ2n) is 6.55. The average molecular weight is 508 g/mol. The molecule has 29 heavy (non-hydrogen) atoms. The molecule has 0 spiro atoms. The van der Waals surface area contributed by atoms with E-state index in [1.807, 2.05) is 12.1 Å². The van der Waals surface area contributed by atoms with E-state index in [9.17, 15) is 0 Å². The molecule has 2 aromatic heterocycles. The number of rotatable bonds is 8. The lowest BCUT2D eigenvalue weighted by Crippen LogP contribution is -2.38. The molecular weight excluding hydrogens is 479 g/mol. The number of H-pyrrole nitrogens is 1. The minimum atomic E-state index is 0. The molecule has 0 aliphatic heterocycles. The summed E-state index contributed by atoms with van der Waals surface area (Å²) in [5, 5.41) is 13.9. The summed E-state index contributed by atoms with van der Waals surface area (Å²) in [6.45, 7) is 7.77. The van der Waals surface area contributed by atoms with Crippen molar-refractivity contribution in [2.75, 3.05) is 13.1 Å². The molecule has 3 N–H and O–H groups in total. The van der Waals surface area contributed by atoms with Crippen molar-refractivity contribution in [1.29, 1.82) is 0 Å². The van der Waals surface area contributed by atoms with Gasteiger partial charge in [0.15, 0.2) is 11.7 Å². The van der Waals surface area contributed by atoms with Gasteiger partial charge in [-0.1, -0.05) is 31.2 Å². The summed E-state index contributed by atoms with van der Waals surface area (Å²) in [5.41, 5.74) is 2.58. The van der Waals surface area contributed by atoms with Crippen LogP contribution in [0.4, 0.5) is 0 Å². The molecule has 8 heteroatoms. The van der Waals surface area contributed by atoms with Gasteiger partial charge in [-0.15, -0.1) is 24.0 Å². The molecule has 3 aromatic rings. The van der Waals surface area contributed by atoms with Crippen molar-refractivity contribution < 1.29 is 4.42 Å². The van der Waals surface area contributed by atoms with Gasteiger partial charge in [0, 0.05) is 19.5 Å². The monoisotopic (exact) mass is 508 g/mol. The number of halogens is 1. The Balaban J connectivity index is 0.00000300. The standard InChI is InChI=1S/C21H28N6O.HI/c1-4-16-8-10-17(11-9-16)15(3)24-21(22-5-2)23-13-12-19-25-20(27-26-19)18-7-6-14-28-18;/h6-11,14-15H,4-5,12-13H2,1-3H3,(H2,22,23,24)(H,25,26,27);1H. The van der Waals surface area contributed by atoms with Crippen LogP contribution >= 0.6 is 24.0 Å². The third kappa shape index (κ3) is 6.59. The predicted molar refractivity (Wildman–Crippen MR) is 127 cm³/mol. The van der Waals surface area contributed by atoms with Gasteiger partial charge in [-0.05, 0) is 43.5 Å². The Morgan fingerprint density at radius 2 is 2.00 bits per heavy atom. The van der Waals surface area contributed by atoms with Crippen molar-refractivity contribution in [3.63, 3.8) is 0 Å². The van der Waals surface area contributed by atoms with Crippen LogP contribution in [0.15, 0.2) is 52.1 Å². The Labute approximate surface area is 188 Å². The van der Waals surface area contributed by atoms with Crippen LogP contribution in [0.3, 0.4) is 0 Å². The average Bonchev–Trinajstić information content (AvgIpc) is 3.40. The van der Waals surface area contributed by atoms with E-state index in [2.05, 4.69) is 75.8 Å². The molecule has 156 valence electrons. The van der Waals surface area contributed by atoms with Crippen LogP contribution in [0.1, 0.15) is 43.8 Å². The van der Waals surface area contributed by atoms with Crippen LogP contribution in [-0.4, -0.2) is 34.2 Å². The Hall–Kier alpha value is -2.36. The quantitative estimate of drug-likeness (QED) is 0.242. The predicted octanol–water partition coefficient (Wildman–Crippen LogP) is 4.10. The first-order valence-corrected chi connectivity index (χ1v) is 9.78. The van der Waals surface area contributed by atoms with E-state index in [-0.39, 0.29) is 30.0 Å². The zero-order chi connectivity index (χ0) is 19.8. The van der Waals surface area contributed by atoms with Gasteiger partial charge in [-0.25, -0.2) is 4.98 Å². The molecule has 3 rings (SSSR count). The molecule has 1 aromatic carbocycles. The van der Waals surface area contributed by atoms with Crippen LogP contribution in [0, 0.1) is 0 Å². The Kier molecular flexibility index (Phi) is 9.17. The van der Waals surface area contributed by atoms with Crippen LogP contribution in [0.2, 0.25) is 0 Å². The first kappa shape index (κ1) is 22.9. The second-order valence-corrected chi connectivity index (χ2v) is 6.55. The van der Waals surface area contributed by atoms with Gasteiger partial charge >= 0.3 is 0 Å². The van der Waals surface area contributed by atoms with Gasteiger partial charge in [0.1, 0.15) is 5.82 Å². The zero-order valence-corrected chi connectivity index (χ0v) is 19.4. The number of hydrogen-bond donors (Lipinski definition) is 3. The van der Waals surface area contributed by atoms with Gasteiger partial charge in [-0.3, -0.25) is 10.1 Å². The number of benzene rings is 1. The fraction of sp³-hybridized carbons (Fsp3) is 0.381. The minimum Gasteiger partial charge on any atom is -0.461 e. The number of aryl methyl sites for hydroxylation is 1. The maximum absolute atomic E-state index is 5.32. The van der Waals surface area contributed by atoms with Crippen molar-refractivity contribution in [3.8, 4) is 11.6 Å². The number of furan rings is 1. The van der Waals surface area contributed by atoms with Crippen molar-refractivity contribution in [2.45, 2.75) is 39.7 Å². The maximum Gasteiger partial charge on any atom is 0.216 e. The molecule has 0 aliphatic rings. The Morgan fingerprint density at radius 1 is 1.21 bits per heavy atom. The highest BCUT2D eigenvalue weighted by Gasteiger charge is 2.09. The number of nitrogens with one attached hydrogen (secondary N) is 3. The molecular formula is C21H29IN6O. The summed E-state index contributed by atoms with van der Waals surface area (Å²) in [6, 6.07) is 12.5. The Bertz CT molecular complexity index is 873. The number of nitrogens with zero attached hydrogens (tertiary/aromatic N) is 3. The fourth-order valence-corrected chi connectivity index (χ4v) is 2.85. The summed E-state index contributed by atoms with van der Waals surface area (Å²) in [7, 11) is 0. The lowest BCUT2D eigenvalue weighted by molar-refractivity contribution is 0.577. The largest absolute Gasteiger partial charge is 0.461 e. The van der Waals surface area contributed by atoms with Gasteiger partial charge in [0.05, 0.1) is 12.3 Å². The topological polar surface area (TPSA) is 91.1 Å². The lowest BCUT2D eigenvalue weighted by Gasteiger charge is -2.18. The number of aromatic amines is 1. The SMILES string of the molecule is CCNC(=NCCc1nc(-c2ccco2)n[nH]1)NC(C)c1ccc(CC)cc1.I. The van der Waals surface area contributed by atoms with Gasteiger partial charge < -0.3 is 15.1 Å². The van der Waals surface area contributed by atoms with Crippen molar-refractivity contribution in [3.05, 3.63) is 59.6 Å². The summed E-state index contributed by atoms with van der Waals surface area (Å²) < 4.78 is 5.32. The van der Waals surface area contributed by atoms with E-state index in [1.165, 1.54) is 11.1 Å². The van der Waals surface area contributed by atoms with Crippen LogP contribution in [0.5, 0.6) is 0 Å². The number of hydrogen-bond acceptors (Lipinski definition) is 4. The molecule has 1 atom stereocenters. The first-order chi connectivity index (χ1) is 13.7. The molecule has 0 fully saturated rings.